The van der Waals surface area contributed by atoms with Gasteiger partial charge in [-0.15, -0.1) is 0 Å². The Morgan fingerprint density at radius 3 is 2.29 bits per heavy atom. The van der Waals surface area contributed by atoms with Crippen molar-refractivity contribution in [3.8, 4) is 0 Å². The van der Waals surface area contributed by atoms with Crippen LogP contribution in [-0.2, 0) is 18.9 Å². The van der Waals surface area contributed by atoms with Gasteiger partial charge < -0.3 is 18.9 Å². The maximum atomic E-state index is 5.46. The Bertz CT molecular complexity index is 213. The van der Waals surface area contributed by atoms with Crippen LogP contribution in [0, 0.1) is 0 Å². The first kappa shape index (κ1) is 20.4. The topological polar surface area (TPSA) is 36.9 Å². The van der Waals surface area contributed by atoms with Crippen LogP contribution in [0.25, 0.3) is 0 Å². The molecule has 0 unspecified atom stereocenters. The highest BCUT2D eigenvalue weighted by Crippen LogP contribution is 2.05. The van der Waals surface area contributed by atoms with Gasteiger partial charge in [0.15, 0.2) is 13.1 Å². The first-order valence-corrected chi connectivity index (χ1v) is 8.42. The molecule has 0 atom stereocenters. The van der Waals surface area contributed by atoms with E-state index in [-0.39, 0.29) is 6.29 Å². The lowest BCUT2D eigenvalue weighted by Crippen LogP contribution is -2.16. The van der Waals surface area contributed by atoms with Crippen molar-refractivity contribution in [1.29, 1.82) is 0 Å². The van der Waals surface area contributed by atoms with Crippen LogP contribution in [0.15, 0.2) is 12.3 Å². The average Bonchev–Trinajstić information content (AvgIpc) is 2.48. The van der Waals surface area contributed by atoms with Gasteiger partial charge in [-0.2, -0.15) is 0 Å². The lowest BCUT2D eigenvalue weighted by atomic mass is 10.2. The predicted molar refractivity (Wildman–Crippen MR) is 86.1 cm³/mol. The van der Waals surface area contributed by atoms with Crippen molar-refractivity contribution in [3.05, 3.63) is 12.3 Å². The van der Waals surface area contributed by atoms with Gasteiger partial charge in [0.2, 0.25) is 0 Å². The molecule has 0 aliphatic rings. The Morgan fingerprint density at radius 1 is 0.905 bits per heavy atom. The summed E-state index contributed by atoms with van der Waals surface area (Å²) in [5, 5.41) is 0. The summed E-state index contributed by atoms with van der Waals surface area (Å²) in [5.41, 5.74) is 0. The molecular formula is C17H34O4. The maximum absolute atomic E-state index is 5.46. The zero-order valence-corrected chi connectivity index (χ0v) is 14.1. The number of rotatable bonds is 16. The number of hydrogen-bond acceptors (Lipinski definition) is 4. The Balaban J connectivity index is 3.31. The molecule has 0 aromatic carbocycles. The summed E-state index contributed by atoms with van der Waals surface area (Å²) in [7, 11) is 0. The molecule has 0 heterocycles. The first-order valence-electron chi connectivity index (χ1n) is 8.42. The number of allylic oxidation sites excluding steroid dienone is 1. The molecule has 0 spiro atoms. The minimum atomic E-state index is -0.107. The van der Waals surface area contributed by atoms with Crippen molar-refractivity contribution in [3.63, 3.8) is 0 Å². The summed E-state index contributed by atoms with van der Waals surface area (Å²) in [6.07, 6.45) is 11.6. The molecule has 4 nitrogen and oxygen atoms in total. The van der Waals surface area contributed by atoms with Crippen molar-refractivity contribution in [2.24, 2.45) is 0 Å². The summed E-state index contributed by atoms with van der Waals surface area (Å²) in [5.74, 6) is 0. The Morgan fingerprint density at radius 2 is 1.62 bits per heavy atom. The Labute approximate surface area is 130 Å². The van der Waals surface area contributed by atoms with Crippen molar-refractivity contribution in [1.82, 2.24) is 0 Å². The minimum Gasteiger partial charge on any atom is -0.475 e. The van der Waals surface area contributed by atoms with Crippen LogP contribution >= 0.6 is 0 Å². The van der Waals surface area contributed by atoms with Crippen molar-refractivity contribution >= 4 is 0 Å². The van der Waals surface area contributed by atoms with E-state index in [1.54, 1.807) is 6.26 Å². The smallest absolute Gasteiger partial charge is 0.188 e. The number of hydrogen-bond donors (Lipinski definition) is 0. The van der Waals surface area contributed by atoms with E-state index in [2.05, 4.69) is 6.92 Å². The van der Waals surface area contributed by atoms with Crippen molar-refractivity contribution in [2.45, 2.75) is 72.0 Å². The molecule has 0 saturated heterocycles. The second-order valence-corrected chi connectivity index (χ2v) is 4.90. The molecule has 0 aliphatic heterocycles. The molecule has 21 heavy (non-hydrogen) atoms. The van der Waals surface area contributed by atoms with E-state index in [0.29, 0.717) is 20.0 Å². The van der Waals surface area contributed by atoms with Crippen LogP contribution in [0.2, 0.25) is 0 Å². The third-order valence-corrected chi connectivity index (χ3v) is 3.01. The molecule has 0 aliphatic carbocycles. The van der Waals surface area contributed by atoms with Gasteiger partial charge in [-0.05, 0) is 32.8 Å². The standard InChI is InChI=1S/C17H34O4/c1-4-7-8-9-11-14-18-16-19-15-12-10-13-17(20-5-2)21-6-3/h12,15,17H,4-11,13-14,16H2,1-3H3. The monoisotopic (exact) mass is 302 g/mol. The predicted octanol–water partition coefficient (Wildman–Crippen LogP) is 4.64. The lowest BCUT2D eigenvalue weighted by Gasteiger charge is -2.15. The molecule has 0 fully saturated rings. The van der Waals surface area contributed by atoms with E-state index in [1.807, 2.05) is 19.9 Å². The molecule has 0 aromatic rings. The fraction of sp³-hybridized carbons (Fsp3) is 0.882. The second-order valence-electron chi connectivity index (χ2n) is 4.90. The summed E-state index contributed by atoms with van der Waals surface area (Å²) < 4.78 is 21.6. The van der Waals surface area contributed by atoms with Gasteiger partial charge in [0.05, 0.1) is 12.9 Å². The van der Waals surface area contributed by atoms with Crippen molar-refractivity contribution < 1.29 is 18.9 Å². The summed E-state index contributed by atoms with van der Waals surface area (Å²) in [6, 6.07) is 0. The molecule has 126 valence electrons. The quantitative estimate of drug-likeness (QED) is 0.236. The fourth-order valence-electron chi connectivity index (χ4n) is 1.91. The molecule has 0 bridgehead atoms. The average molecular weight is 302 g/mol. The minimum absolute atomic E-state index is 0.107. The SMILES string of the molecule is CCCCCCCOCOC=CCCC(OCC)OCC. The first-order chi connectivity index (χ1) is 10.3. The van der Waals surface area contributed by atoms with Crippen LogP contribution in [-0.4, -0.2) is 32.9 Å². The van der Waals surface area contributed by atoms with E-state index in [1.165, 1.54) is 25.7 Å². The number of ether oxygens (including phenoxy) is 4. The van der Waals surface area contributed by atoms with Gasteiger partial charge in [0, 0.05) is 19.6 Å². The van der Waals surface area contributed by atoms with E-state index in [0.717, 1.165) is 25.9 Å². The van der Waals surface area contributed by atoms with Gasteiger partial charge in [-0.25, -0.2) is 0 Å². The van der Waals surface area contributed by atoms with Crippen LogP contribution in [0.5, 0.6) is 0 Å². The molecule has 0 radical (unpaired) electrons. The van der Waals surface area contributed by atoms with Crippen LogP contribution in [0.4, 0.5) is 0 Å². The molecule has 0 N–H and O–H groups in total. The van der Waals surface area contributed by atoms with Crippen molar-refractivity contribution in [2.75, 3.05) is 26.6 Å². The van der Waals surface area contributed by atoms with E-state index < -0.39 is 0 Å². The second kappa shape index (κ2) is 17.5. The van der Waals surface area contributed by atoms with E-state index >= 15 is 0 Å². The van der Waals surface area contributed by atoms with E-state index in [4.69, 9.17) is 18.9 Å². The number of unbranched alkanes of at least 4 members (excludes halogenated alkanes) is 4. The van der Waals surface area contributed by atoms with Gasteiger partial charge in [-0.3, -0.25) is 0 Å². The zero-order valence-electron chi connectivity index (χ0n) is 14.1. The molecule has 0 aromatic heterocycles. The highest BCUT2D eigenvalue weighted by Gasteiger charge is 2.05. The largest absolute Gasteiger partial charge is 0.475 e. The molecule has 0 saturated carbocycles. The van der Waals surface area contributed by atoms with Gasteiger partial charge in [0.25, 0.3) is 0 Å². The summed E-state index contributed by atoms with van der Waals surface area (Å²) in [4.78, 5) is 0. The molecule has 0 amide bonds. The Hall–Kier alpha value is -0.580. The van der Waals surface area contributed by atoms with Gasteiger partial charge in [0.1, 0.15) is 0 Å². The zero-order chi connectivity index (χ0) is 15.6. The third-order valence-electron chi connectivity index (χ3n) is 3.01. The van der Waals surface area contributed by atoms with Gasteiger partial charge in [-0.1, -0.05) is 32.6 Å². The van der Waals surface area contributed by atoms with E-state index in [9.17, 15) is 0 Å². The normalized spacial score (nSPS) is 11.6. The molecule has 4 heteroatoms. The highest BCUT2D eigenvalue weighted by atomic mass is 16.7. The lowest BCUT2D eigenvalue weighted by molar-refractivity contribution is -0.138. The molecular weight excluding hydrogens is 268 g/mol. The highest BCUT2D eigenvalue weighted by molar-refractivity contribution is 4.73. The van der Waals surface area contributed by atoms with Crippen LogP contribution in [0.3, 0.4) is 0 Å². The van der Waals surface area contributed by atoms with Crippen LogP contribution < -0.4 is 0 Å². The summed E-state index contributed by atoms with van der Waals surface area (Å²) in [6.45, 7) is 8.66. The van der Waals surface area contributed by atoms with Crippen LogP contribution in [0.1, 0.15) is 65.7 Å². The third kappa shape index (κ3) is 15.6. The Kier molecular flexibility index (Phi) is 17.0. The fourth-order valence-corrected chi connectivity index (χ4v) is 1.91. The molecule has 0 rings (SSSR count). The van der Waals surface area contributed by atoms with Gasteiger partial charge >= 0.3 is 0 Å². The maximum Gasteiger partial charge on any atom is 0.188 e. The summed E-state index contributed by atoms with van der Waals surface area (Å²) >= 11 is 0.